The maximum Gasteiger partial charge on any atom is 0.211 e. The van der Waals surface area contributed by atoms with E-state index in [1.807, 2.05) is 6.92 Å². The molecule has 0 spiro atoms. The molecule has 6 heteroatoms. The molecule has 1 aliphatic heterocycles. The first-order chi connectivity index (χ1) is 7.39. The van der Waals surface area contributed by atoms with Gasteiger partial charge in [-0.15, -0.1) is 0 Å². The third-order valence-electron chi connectivity index (χ3n) is 2.53. The van der Waals surface area contributed by atoms with Crippen molar-refractivity contribution in [1.29, 1.82) is 0 Å². The topological polar surface area (TPSA) is 63.1 Å². The fourth-order valence-corrected chi connectivity index (χ4v) is 2.32. The van der Waals surface area contributed by atoms with E-state index < -0.39 is 10.0 Å². The van der Waals surface area contributed by atoms with E-state index in [0.29, 0.717) is 18.9 Å². The molecule has 0 N–H and O–H groups in total. The van der Waals surface area contributed by atoms with Crippen molar-refractivity contribution in [3.63, 3.8) is 0 Å². The van der Waals surface area contributed by atoms with Crippen LogP contribution in [0, 0.1) is 0 Å². The lowest BCUT2D eigenvalue weighted by Gasteiger charge is -2.20. The van der Waals surface area contributed by atoms with E-state index >= 15 is 0 Å². The van der Waals surface area contributed by atoms with Crippen LogP contribution in [0.1, 0.15) is 12.7 Å². The first-order valence-corrected chi connectivity index (χ1v) is 6.85. The van der Waals surface area contributed by atoms with Crippen LogP contribution in [0.4, 0.5) is 0 Å². The van der Waals surface area contributed by atoms with E-state index in [-0.39, 0.29) is 12.1 Å². The summed E-state index contributed by atoms with van der Waals surface area (Å²) in [6.45, 7) is 3.13. The van der Waals surface area contributed by atoms with Crippen molar-refractivity contribution in [2.45, 2.75) is 19.1 Å². The summed E-state index contributed by atoms with van der Waals surface area (Å²) in [5.41, 5.74) is -0.324. The number of nitrogens with zero attached hydrogens (tertiary/aromatic N) is 1. The smallest absolute Gasteiger partial charge is 0.211 e. The maximum absolute atomic E-state index is 11.6. The van der Waals surface area contributed by atoms with Crippen LogP contribution in [0.25, 0.3) is 0 Å². The molecule has 0 aromatic carbocycles. The average Bonchev–Trinajstić information content (AvgIpc) is 2.69. The molecule has 1 unspecified atom stereocenters. The van der Waals surface area contributed by atoms with Crippen LogP contribution in [0.3, 0.4) is 0 Å². The highest BCUT2D eigenvalue weighted by atomic mass is 32.2. The van der Waals surface area contributed by atoms with Gasteiger partial charge in [-0.2, -0.15) is 4.31 Å². The molecule has 1 aromatic rings. The molecule has 2 heterocycles. The molecular formula is C10H15NO4S. The summed E-state index contributed by atoms with van der Waals surface area (Å²) >= 11 is 0. The van der Waals surface area contributed by atoms with Crippen LogP contribution < -0.4 is 0 Å². The van der Waals surface area contributed by atoms with Crippen molar-refractivity contribution in [2.24, 2.45) is 0 Å². The largest absolute Gasteiger partial charge is 0.468 e. The standard InChI is InChI=1S/C10H15NO4S/c1-10(8-15-10)7-11(16(2,12)13)6-9-4-3-5-14-9/h3-5H,6-8H2,1-2H3. The molecular weight excluding hydrogens is 230 g/mol. The number of hydrogen-bond acceptors (Lipinski definition) is 4. The van der Waals surface area contributed by atoms with Gasteiger partial charge in [0.2, 0.25) is 10.0 Å². The minimum absolute atomic E-state index is 0.255. The molecule has 16 heavy (non-hydrogen) atoms. The zero-order chi connectivity index (χ0) is 11.8. The monoisotopic (exact) mass is 245 g/mol. The molecule has 1 aliphatic rings. The zero-order valence-electron chi connectivity index (χ0n) is 9.34. The van der Waals surface area contributed by atoms with Crippen LogP contribution in [-0.2, 0) is 21.3 Å². The van der Waals surface area contributed by atoms with Crippen molar-refractivity contribution in [3.8, 4) is 0 Å². The Labute approximate surface area is 95.0 Å². The molecule has 0 aliphatic carbocycles. The van der Waals surface area contributed by atoms with Gasteiger partial charge in [-0.3, -0.25) is 0 Å². The summed E-state index contributed by atoms with van der Waals surface area (Å²) in [6.07, 6.45) is 2.73. The summed E-state index contributed by atoms with van der Waals surface area (Å²) in [7, 11) is -3.24. The molecule has 1 atom stereocenters. The van der Waals surface area contributed by atoms with E-state index in [1.54, 1.807) is 12.1 Å². The van der Waals surface area contributed by atoms with Gasteiger partial charge in [0.15, 0.2) is 0 Å². The van der Waals surface area contributed by atoms with E-state index in [1.165, 1.54) is 16.8 Å². The number of rotatable bonds is 5. The molecule has 90 valence electrons. The van der Waals surface area contributed by atoms with Gasteiger partial charge in [0.25, 0.3) is 0 Å². The third kappa shape index (κ3) is 2.84. The van der Waals surface area contributed by atoms with Crippen molar-refractivity contribution < 1.29 is 17.6 Å². The Morgan fingerprint density at radius 1 is 1.56 bits per heavy atom. The van der Waals surface area contributed by atoms with Crippen LogP contribution >= 0.6 is 0 Å². The van der Waals surface area contributed by atoms with Crippen LogP contribution in [-0.4, -0.2) is 37.7 Å². The van der Waals surface area contributed by atoms with Crippen molar-refractivity contribution in [2.75, 3.05) is 19.4 Å². The Hall–Kier alpha value is -0.850. The molecule has 1 aromatic heterocycles. The molecule has 0 radical (unpaired) electrons. The van der Waals surface area contributed by atoms with Gasteiger partial charge < -0.3 is 9.15 Å². The quantitative estimate of drug-likeness (QED) is 0.721. The van der Waals surface area contributed by atoms with Gasteiger partial charge in [-0.25, -0.2) is 8.42 Å². The van der Waals surface area contributed by atoms with Gasteiger partial charge in [-0.1, -0.05) is 0 Å². The fraction of sp³-hybridized carbons (Fsp3) is 0.600. The second-order valence-corrected chi connectivity index (χ2v) is 6.33. The number of sulfonamides is 1. The molecule has 0 saturated carbocycles. The second-order valence-electron chi connectivity index (χ2n) is 4.35. The van der Waals surface area contributed by atoms with Crippen molar-refractivity contribution >= 4 is 10.0 Å². The second kappa shape index (κ2) is 3.87. The number of ether oxygens (including phenoxy) is 1. The molecule has 1 saturated heterocycles. The van der Waals surface area contributed by atoms with Crippen LogP contribution in [0.5, 0.6) is 0 Å². The highest BCUT2D eigenvalue weighted by molar-refractivity contribution is 7.88. The normalized spacial score (nSPS) is 24.9. The predicted molar refractivity (Wildman–Crippen MR) is 58.3 cm³/mol. The Bertz CT molecular complexity index is 447. The SMILES string of the molecule is CC1(CN(Cc2ccco2)S(C)(=O)=O)CO1. The van der Waals surface area contributed by atoms with Crippen molar-refractivity contribution in [1.82, 2.24) is 4.31 Å². The summed E-state index contributed by atoms with van der Waals surface area (Å²) in [6, 6.07) is 3.50. The van der Waals surface area contributed by atoms with Gasteiger partial charge in [-0.05, 0) is 19.1 Å². The maximum atomic E-state index is 11.6. The summed E-state index contributed by atoms with van der Waals surface area (Å²) in [4.78, 5) is 0. The Balaban J connectivity index is 2.09. The summed E-state index contributed by atoms with van der Waals surface area (Å²) < 4.78 is 34.9. The fourth-order valence-electron chi connectivity index (χ4n) is 1.45. The predicted octanol–water partition coefficient (Wildman–Crippen LogP) is 0.830. The molecule has 0 bridgehead atoms. The number of epoxide rings is 1. The minimum Gasteiger partial charge on any atom is -0.468 e. The lowest BCUT2D eigenvalue weighted by molar-refractivity contribution is 0.253. The lowest BCUT2D eigenvalue weighted by atomic mass is 10.2. The Morgan fingerprint density at radius 2 is 2.25 bits per heavy atom. The van der Waals surface area contributed by atoms with Gasteiger partial charge in [0.1, 0.15) is 11.4 Å². The van der Waals surface area contributed by atoms with Crippen LogP contribution in [0.15, 0.2) is 22.8 Å². The van der Waals surface area contributed by atoms with Gasteiger partial charge >= 0.3 is 0 Å². The lowest BCUT2D eigenvalue weighted by Crippen LogP contribution is -2.36. The first-order valence-electron chi connectivity index (χ1n) is 5.01. The third-order valence-corrected chi connectivity index (χ3v) is 3.73. The minimum atomic E-state index is -3.24. The number of furan rings is 1. The Morgan fingerprint density at radius 3 is 2.69 bits per heavy atom. The van der Waals surface area contributed by atoms with E-state index in [4.69, 9.17) is 9.15 Å². The molecule has 1 fully saturated rings. The first kappa shape index (κ1) is 11.6. The highest BCUT2D eigenvalue weighted by Gasteiger charge is 2.42. The molecule has 2 rings (SSSR count). The van der Waals surface area contributed by atoms with E-state index in [9.17, 15) is 8.42 Å². The number of hydrogen-bond donors (Lipinski definition) is 0. The van der Waals surface area contributed by atoms with Gasteiger partial charge in [0.05, 0.1) is 25.7 Å². The van der Waals surface area contributed by atoms with Crippen LogP contribution in [0.2, 0.25) is 0 Å². The molecule has 0 amide bonds. The average molecular weight is 245 g/mol. The highest BCUT2D eigenvalue weighted by Crippen LogP contribution is 2.28. The van der Waals surface area contributed by atoms with Gasteiger partial charge in [0, 0.05) is 6.54 Å². The summed E-state index contributed by atoms with van der Waals surface area (Å²) in [5, 5.41) is 0. The molecule has 5 nitrogen and oxygen atoms in total. The Kier molecular flexibility index (Phi) is 2.81. The summed E-state index contributed by atoms with van der Waals surface area (Å²) in [5.74, 6) is 0.634. The zero-order valence-corrected chi connectivity index (χ0v) is 10.2. The van der Waals surface area contributed by atoms with E-state index in [0.717, 1.165) is 0 Å². The van der Waals surface area contributed by atoms with E-state index in [2.05, 4.69) is 0 Å². The van der Waals surface area contributed by atoms with Crippen molar-refractivity contribution in [3.05, 3.63) is 24.2 Å².